The first-order valence-electron chi connectivity index (χ1n) is 9.86. The van der Waals surface area contributed by atoms with Crippen molar-refractivity contribution in [2.24, 2.45) is 0 Å². The largest absolute Gasteiger partial charge is 0.346 e. The fourth-order valence-electron chi connectivity index (χ4n) is 3.48. The van der Waals surface area contributed by atoms with Gasteiger partial charge in [0.15, 0.2) is 0 Å². The molecule has 1 aliphatic rings. The number of aromatic nitrogens is 1. The molecule has 148 valence electrons. The van der Waals surface area contributed by atoms with E-state index < -0.39 is 0 Å². The first kappa shape index (κ1) is 19.9. The molecule has 1 fully saturated rings. The predicted octanol–water partition coefficient (Wildman–Crippen LogP) is 3.31. The maximum atomic E-state index is 12.5. The second-order valence-corrected chi connectivity index (χ2v) is 7.52. The van der Waals surface area contributed by atoms with Crippen LogP contribution in [-0.2, 0) is 6.54 Å². The summed E-state index contributed by atoms with van der Waals surface area (Å²) in [6, 6.07) is 13.5. The molecule has 1 aliphatic heterocycles. The van der Waals surface area contributed by atoms with Gasteiger partial charge in [-0.1, -0.05) is 18.2 Å². The summed E-state index contributed by atoms with van der Waals surface area (Å²) in [5.74, 6) is 0.132. The minimum atomic E-state index is -0.113. The summed E-state index contributed by atoms with van der Waals surface area (Å²) >= 11 is 0. The molecule has 2 heterocycles. The summed E-state index contributed by atoms with van der Waals surface area (Å²) < 4.78 is 0. The minimum Gasteiger partial charge on any atom is -0.346 e. The summed E-state index contributed by atoms with van der Waals surface area (Å²) in [5, 5.41) is 5.88. The average molecular weight is 380 g/mol. The van der Waals surface area contributed by atoms with Crippen molar-refractivity contribution in [1.82, 2.24) is 20.5 Å². The summed E-state index contributed by atoms with van der Waals surface area (Å²) in [6.45, 7) is 5.78. The van der Waals surface area contributed by atoms with Crippen LogP contribution < -0.4 is 10.6 Å². The second-order valence-electron chi connectivity index (χ2n) is 7.52. The highest BCUT2D eigenvalue weighted by atomic mass is 16.2. The van der Waals surface area contributed by atoms with Crippen LogP contribution >= 0.6 is 0 Å². The van der Waals surface area contributed by atoms with E-state index >= 15 is 0 Å². The average Bonchev–Trinajstić information content (AvgIpc) is 2.72. The smallest absolute Gasteiger partial charge is 0.317 e. The van der Waals surface area contributed by atoms with Gasteiger partial charge in [-0.3, -0.25) is 9.78 Å². The fourth-order valence-corrected chi connectivity index (χ4v) is 3.48. The fraction of sp³-hybridized carbons (Fsp3) is 0.409. The first-order chi connectivity index (χ1) is 13.5. The number of nitrogens with one attached hydrogen (secondary N) is 2. The molecule has 1 atom stereocenters. The summed E-state index contributed by atoms with van der Waals surface area (Å²) in [6.07, 6.45) is 3.70. The molecular weight excluding hydrogens is 352 g/mol. The summed E-state index contributed by atoms with van der Waals surface area (Å²) in [5.41, 5.74) is 2.57. The molecule has 0 aliphatic carbocycles. The Morgan fingerprint density at radius 3 is 2.82 bits per heavy atom. The van der Waals surface area contributed by atoms with Gasteiger partial charge in [0.1, 0.15) is 0 Å². The van der Waals surface area contributed by atoms with Crippen LogP contribution in [0.2, 0.25) is 0 Å². The molecule has 6 heteroatoms. The molecule has 3 amide bonds. The van der Waals surface area contributed by atoms with Gasteiger partial charge in [0.25, 0.3) is 5.91 Å². The number of hydrogen-bond donors (Lipinski definition) is 2. The third-order valence-electron chi connectivity index (χ3n) is 4.90. The summed E-state index contributed by atoms with van der Waals surface area (Å²) in [4.78, 5) is 31.0. The number of hydrogen-bond acceptors (Lipinski definition) is 3. The number of piperidine rings is 1. The third-order valence-corrected chi connectivity index (χ3v) is 4.90. The van der Waals surface area contributed by atoms with E-state index in [1.54, 1.807) is 6.20 Å². The lowest BCUT2D eigenvalue weighted by Crippen LogP contribution is -2.47. The molecule has 1 saturated heterocycles. The standard InChI is InChI=1S/C22H28N4O2/c1-16(2)25-22(28)26-12-6-9-19(15-26)17-7-5-8-18(13-17)21(27)24-14-20-10-3-4-11-23-20/h3-5,7-8,10-11,13,16,19H,6,9,12,14-15H2,1-2H3,(H,24,27)(H,25,28). The Labute approximate surface area is 166 Å². The lowest BCUT2D eigenvalue weighted by atomic mass is 9.89. The van der Waals surface area contributed by atoms with Crippen molar-refractivity contribution in [3.63, 3.8) is 0 Å². The predicted molar refractivity (Wildman–Crippen MR) is 109 cm³/mol. The van der Waals surface area contributed by atoms with E-state index in [-0.39, 0.29) is 23.9 Å². The van der Waals surface area contributed by atoms with E-state index in [1.165, 1.54) is 0 Å². The highest BCUT2D eigenvalue weighted by Crippen LogP contribution is 2.27. The maximum Gasteiger partial charge on any atom is 0.317 e. The maximum absolute atomic E-state index is 12.5. The minimum absolute atomic E-state index is 0.0102. The zero-order valence-electron chi connectivity index (χ0n) is 16.5. The number of carbonyl (C=O) groups is 2. The van der Waals surface area contributed by atoms with Gasteiger partial charge in [-0.05, 0) is 56.5 Å². The van der Waals surface area contributed by atoms with Crippen LogP contribution in [0.4, 0.5) is 4.79 Å². The monoisotopic (exact) mass is 380 g/mol. The van der Waals surface area contributed by atoms with E-state index in [4.69, 9.17) is 0 Å². The van der Waals surface area contributed by atoms with Crippen LogP contribution in [0.3, 0.4) is 0 Å². The summed E-state index contributed by atoms with van der Waals surface area (Å²) in [7, 11) is 0. The molecule has 3 rings (SSSR count). The molecule has 2 aromatic rings. The third kappa shape index (κ3) is 5.31. The SMILES string of the molecule is CC(C)NC(=O)N1CCCC(c2cccc(C(=O)NCc3ccccn3)c2)C1. The van der Waals surface area contributed by atoms with E-state index in [0.29, 0.717) is 18.7 Å². The van der Waals surface area contributed by atoms with Crippen LogP contribution in [0.1, 0.15) is 54.2 Å². The number of benzene rings is 1. The Balaban J connectivity index is 1.63. The molecule has 1 aromatic carbocycles. The van der Waals surface area contributed by atoms with Gasteiger partial charge in [0.2, 0.25) is 0 Å². The van der Waals surface area contributed by atoms with Gasteiger partial charge in [-0.25, -0.2) is 4.79 Å². The van der Waals surface area contributed by atoms with Crippen molar-refractivity contribution in [2.75, 3.05) is 13.1 Å². The van der Waals surface area contributed by atoms with Crippen molar-refractivity contribution >= 4 is 11.9 Å². The highest BCUT2D eigenvalue weighted by Gasteiger charge is 2.25. The molecular formula is C22H28N4O2. The zero-order valence-corrected chi connectivity index (χ0v) is 16.5. The molecule has 0 saturated carbocycles. The molecule has 0 bridgehead atoms. The van der Waals surface area contributed by atoms with Gasteiger partial charge in [0, 0.05) is 36.8 Å². The highest BCUT2D eigenvalue weighted by molar-refractivity contribution is 5.94. The molecule has 1 unspecified atom stereocenters. The van der Waals surface area contributed by atoms with Crippen LogP contribution in [0.15, 0.2) is 48.7 Å². The van der Waals surface area contributed by atoms with E-state index in [9.17, 15) is 9.59 Å². The molecule has 0 spiro atoms. The first-order valence-corrected chi connectivity index (χ1v) is 9.86. The Hall–Kier alpha value is -2.89. The van der Waals surface area contributed by atoms with Crippen LogP contribution in [0.25, 0.3) is 0 Å². The Morgan fingerprint density at radius 2 is 2.07 bits per heavy atom. The van der Waals surface area contributed by atoms with E-state index in [1.807, 2.05) is 61.2 Å². The number of carbonyl (C=O) groups excluding carboxylic acids is 2. The normalized spacial score (nSPS) is 16.7. The Morgan fingerprint density at radius 1 is 1.21 bits per heavy atom. The van der Waals surface area contributed by atoms with Gasteiger partial charge >= 0.3 is 6.03 Å². The number of urea groups is 1. The topological polar surface area (TPSA) is 74.3 Å². The Kier molecular flexibility index (Phi) is 6.63. The molecule has 6 nitrogen and oxygen atoms in total. The Bertz CT molecular complexity index is 807. The zero-order chi connectivity index (χ0) is 19.9. The van der Waals surface area contributed by atoms with Crippen LogP contribution in [-0.4, -0.2) is 41.0 Å². The number of nitrogens with zero attached hydrogens (tertiary/aromatic N) is 2. The van der Waals surface area contributed by atoms with Crippen molar-refractivity contribution in [1.29, 1.82) is 0 Å². The lowest BCUT2D eigenvalue weighted by Gasteiger charge is -2.33. The van der Waals surface area contributed by atoms with Gasteiger partial charge < -0.3 is 15.5 Å². The number of rotatable bonds is 5. The van der Waals surface area contributed by atoms with Gasteiger partial charge in [0.05, 0.1) is 12.2 Å². The van der Waals surface area contributed by atoms with Crippen molar-refractivity contribution in [3.8, 4) is 0 Å². The molecule has 2 N–H and O–H groups in total. The quantitative estimate of drug-likeness (QED) is 0.836. The second kappa shape index (κ2) is 9.35. The van der Waals surface area contributed by atoms with Crippen molar-refractivity contribution in [3.05, 3.63) is 65.5 Å². The van der Waals surface area contributed by atoms with E-state index in [2.05, 4.69) is 15.6 Å². The molecule has 0 radical (unpaired) electrons. The van der Waals surface area contributed by atoms with Crippen LogP contribution in [0, 0.1) is 0 Å². The molecule has 1 aromatic heterocycles. The number of amides is 3. The van der Waals surface area contributed by atoms with Crippen molar-refractivity contribution < 1.29 is 9.59 Å². The lowest BCUT2D eigenvalue weighted by molar-refractivity contribution is 0.0950. The van der Waals surface area contributed by atoms with E-state index in [0.717, 1.165) is 30.6 Å². The number of likely N-dealkylation sites (tertiary alicyclic amines) is 1. The number of pyridine rings is 1. The van der Waals surface area contributed by atoms with Gasteiger partial charge in [-0.15, -0.1) is 0 Å². The van der Waals surface area contributed by atoms with Crippen molar-refractivity contribution in [2.45, 2.75) is 45.2 Å². The van der Waals surface area contributed by atoms with Gasteiger partial charge in [-0.2, -0.15) is 0 Å². The molecule has 28 heavy (non-hydrogen) atoms. The van der Waals surface area contributed by atoms with Crippen LogP contribution in [0.5, 0.6) is 0 Å².